The van der Waals surface area contributed by atoms with E-state index < -0.39 is 9.21 Å². The SMILES string of the molecule is CC(CNC(=O)C(Cl)Br)c1ccc([N+](=O)[O-])cc1. The first-order chi connectivity index (χ1) is 8.41. The highest BCUT2D eigenvalue weighted by Crippen LogP contribution is 2.18. The largest absolute Gasteiger partial charge is 0.353 e. The first kappa shape index (κ1) is 14.9. The molecule has 1 rings (SSSR count). The molecule has 0 heterocycles. The zero-order valence-electron chi connectivity index (χ0n) is 9.60. The highest BCUT2D eigenvalue weighted by molar-refractivity contribution is 9.10. The second kappa shape index (κ2) is 6.70. The predicted octanol–water partition coefficient (Wildman–Crippen LogP) is 2.77. The van der Waals surface area contributed by atoms with Gasteiger partial charge in [0.05, 0.1) is 4.92 Å². The van der Waals surface area contributed by atoms with Gasteiger partial charge >= 0.3 is 0 Å². The van der Waals surface area contributed by atoms with Crippen molar-refractivity contribution in [1.82, 2.24) is 5.32 Å². The lowest BCUT2D eigenvalue weighted by molar-refractivity contribution is -0.384. The number of carbonyl (C=O) groups is 1. The molecule has 0 bridgehead atoms. The molecule has 0 fully saturated rings. The Morgan fingerprint density at radius 2 is 2.06 bits per heavy atom. The van der Waals surface area contributed by atoms with Gasteiger partial charge in [-0.15, -0.1) is 0 Å². The molecule has 0 aliphatic heterocycles. The van der Waals surface area contributed by atoms with Crippen molar-refractivity contribution in [3.05, 3.63) is 39.9 Å². The van der Waals surface area contributed by atoms with Crippen molar-refractivity contribution in [2.45, 2.75) is 17.1 Å². The van der Waals surface area contributed by atoms with Gasteiger partial charge < -0.3 is 5.32 Å². The number of alkyl halides is 2. The molecule has 1 aromatic rings. The standard InChI is InChI=1S/C11H12BrClN2O3/c1-7(6-14-11(16)10(12)13)8-2-4-9(5-3-8)15(17)18/h2-5,7,10H,6H2,1H3,(H,14,16). The van der Waals surface area contributed by atoms with Crippen LogP contribution in [0.15, 0.2) is 24.3 Å². The van der Waals surface area contributed by atoms with Crippen LogP contribution >= 0.6 is 27.5 Å². The van der Waals surface area contributed by atoms with Crippen LogP contribution in [-0.4, -0.2) is 21.7 Å². The van der Waals surface area contributed by atoms with Crippen molar-refractivity contribution in [2.75, 3.05) is 6.54 Å². The summed E-state index contributed by atoms with van der Waals surface area (Å²) in [6, 6.07) is 6.26. The molecule has 2 unspecified atom stereocenters. The number of amides is 1. The van der Waals surface area contributed by atoms with Gasteiger partial charge in [-0.2, -0.15) is 0 Å². The van der Waals surface area contributed by atoms with E-state index in [1.54, 1.807) is 12.1 Å². The minimum Gasteiger partial charge on any atom is -0.353 e. The third kappa shape index (κ3) is 4.27. The zero-order valence-corrected chi connectivity index (χ0v) is 11.9. The summed E-state index contributed by atoms with van der Waals surface area (Å²) in [5.74, 6) is -0.247. The Morgan fingerprint density at radius 3 is 2.50 bits per heavy atom. The van der Waals surface area contributed by atoms with Gasteiger partial charge in [0, 0.05) is 18.7 Å². The molecule has 0 spiro atoms. The Hall–Kier alpha value is -1.14. The van der Waals surface area contributed by atoms with Gasteiger partial charge in [-0.1, -0.05) is 46.6 Å². The lowest BCUT2D eigenvalue weighted by Crippen LogP contribution is -2.31. The van der Waals surface area contributed by atoms with Gasteiger partial charge in [-0.25, -0.2) is 0 Å². The number of nitrogens with zero attached hydrogens (tertiary/aromatic N) is 1. The maximum Gasteiger partial charge on any atom is 0.269 e. The van der Waals surface area contributed by atoms with E-state index in [2.05, 4.69) is 21.2 Å². The second-order valence-corrected chi connectivity index (χ2v) is 5.67. The molecule has 0 radical (unpaired) electrons. The van der Waals surface area contributed by atoms with Crippen LogP contribution in [0.5, 0.6) is 0 Å². The molecule has 2 atom stereocenters. The smallest absolute Gasteiger partial charge is 0.269 e. The summed E-state index contributed by atoms with van der Waals surface area (Å²) in [4.78, 5) is 21.3. The van der Waals surface area contributed by atoms with Gasteiger partial charge in [-0.05, 0) is 11.5 Å². The number of hydrogen-bond donors (Lipinski definition) is 1. The first-order valence-electron chi connectivity index (χ1n) is 5.22. The summed E-state index contributed by atoms with van der Waals surface area (Å²) < 4.78 is -0.749. The Balaban J connectivity index is 2.59. The minimum atomic E-state index is -0.749. The van der Waals surface area contributed by atoms with E-state index in [9.17, 15) is 14.9 Å². The molecule has 0 aliphatic rings. The molecule has 18 heavy (non-hydrogen) atoms. The molecule has 0 aromatic heterocycles. The number of nitrogens with one attached hydrogen (secondary N) is 1. The van der Waals surface area contributed by atoms with Crippen LogP contribution < -0.4 is 5.32 Å². The summed E-state index contributed by atoms with van der Waals surface area (Å²) >= 11 is 8.49. The summed E-state index contributed by atoms with van der Waals surface area (Å²) in [6.45, 7) is 2.34. The van der Waals surface area contributed by atoms with E-state index in [-0.39, 0.29) is 17.5 Å². The highest BCUT2D eigenvalue weighted by Gasteiger charge is 2.13. The van der Waals surface area contributed by atoms with E-state index in [0.717, 1.165) is 5.56 Å². The van der Waals surface area contributed by atoms with Crippen LogP contribution in [0, 0.1) is 10.1 Å². The van der Waals surface area contributed by atoms with Crippen LogP contribution in [0.1, 0.15) is 18.4 Å². The third-order valence-electron chi connectivity index (χ3n) is 2.45. The van der Waals surface area contributed by atoms with Crippen molar-refractivity contribution in [2.24, 2.45) is 0 Å². The predicted molar refractivity (Wildman–Crippen MR) is 73.1 cm³/mol. The molecule has 98 valence electrons. The van der Waals surface area contributed by atoms with Crippen molar-refractivity contribution in [3.8, 4) is 0 Å². The Kier molecular flexibility index (Phi) is 5.55. The van der Waals surface area contributed by atoms with Crippen LogP contribution in [0.4, 0.5) is 5.69 Å². The molecule has 1 aromatic carbocycles. The fourth-order valence-electron chi connectivity index (χ4n) is 1.37. The fourth-order valence-corrected chi connectivity index (χ4v) is 1.61. The number of non-ortho nitro benzene ring substituents is 1. The lowest BCUT2D eigenvalue weighted by atomic mass is 10.0. The summed E-state index contributed by atoms with van der Waals surface area (Å²) in [5.41, 5.74) is 0.970. The normalized spacial score (nSPS) is 13.7. The number of benzene rings is 1. The molecule has 5 nitrogen and oxygen atoms in total. The Labute approximate surface area is 118 Å². The number of nitro benzene ring substituents is 1. The van der Waals surface area contributed by atoms with E-state index >= 15 is 0 Å². The summed E-state index contributed by atoms with van der Waals surface area (Å²) in [5, 5.41) is 13.2. The number of rotatable bonds is 5. The molecule has 0 aliphatic carbocycles. The molecule has 1 amide bonds. The van der Waals surface area contributed by atoms with E-state index in [0.29, 0.717) is 6.54 Å². The molecular weight excluding hydrogens is 323 g/mol. The monoisotopic (exact) mass is 334 g/mol. The van der Waals surface area contributed by atoms with Crippen LogP contribution in [0.25, 0.3) is 0 Å². The van der Waals surface area contributed by atoms with Crippen LogP contribution in [-0.2, 0) is 4.79 Å². The maximum absolute atomic E-state index is 11.2. The Morgan fingerprint density at radius 1 is 1.50 bits per heavy atom. The lowest BCUT2D eigenvalue weighted by Gasteiger charge is -2.13. The van der Waals surface area contributed by atoms with Crippen molar-refractivity contribution >= 4 is 39.1 Å². The Bertz CT molecular complexity index is 436. The second-order valence-electron chi connectivity index (χ2n) is 3.80. The topological polar surface area (TPSA) is 72.2 Å². The van der Waals surface area contributed by atoms with Gasteiger partial charge in [0.1, 0.15) is 0 Å². The zero-order chi connectivity index (χ0) is 13.7. The van der Waals surface area contributed by atoms with Crippen molar-refractivity contribution < 1.29 is 9.72 Å². The average Bonchev–Trinajstić information content (AvgIpc) is 2.35. The number of halogens is 2. The van der Waals surface area contributed by atoms with E-state index in [1.807, 2.05) is 6.92 Å². The number of hydrogen-bond acceptors (Lipinski definition) is 3. The van der Waals surface area contributed by atoms with Gasteiger partial charge in [0.25, 0.3) is 5.69 Å². The number of nitro groups is 1. The third-order valence-corrected chi connectivity index (χ3v) is 3.07. The molecule has 1 N–H and O–H groups in total. The van der Waals surface area contributed by atoms with Crippen molar-refractivity contribution in [1.29, 1.82) is 0 Å². The first-order valence-corrected chi connectivity index (χ1v) is 6.57. The average molecular weight is 336 g/mol. The summed E-state index contributed by atoms with van der Waals surface area (Å²) in [6.07, 6.45) is 0. The maximum atomic E-state index is 11.2. The molecular formula is C11H12BrClN2O3. The minimum absolute atomic E-state index is 0.0521. The van der Waals surface area contributed by atoms with Crippen LogP contribution in [0.2, 0.25) is 0 Å². The van der Waals surface area contributed by atoms with Crippen LogP contribution in [0.3, 0.4) is 0 Å². The quantitative estimate of drug-likeness (QED) is 0.511. The molecule has 7 heteroatoms. The summed E-state index contributed by atoms with van der Waals surface area (Å²) in [7, 11) is 0. The van der Waals surface area contributed by atoms with Gasteiger partial charge in [0.15, 0.2) is 4.29 Å². The fraction of sp³-hybridized carbons (Fsp3) is 0.364. The highest BCUT2D eigenvalue weighted by atomic mass is 79.9. The van der Waals surface area contributed by atoms with Crippen molar-refractivity contribution in [3.63, 3.8) is 0 Å². The van der Waals surface area contributed by atoms with Gasteiger partial charge in [0.2, 0.25) is 5.91 Å². The molecule has 0 saturated heterocycles. The van der Waals surface area contributed by atoms with E-state index in [1.165, 1.54) is 12.1 Å². The number of carbonyl (C=O) groups excluding carboxylic acids is 1. The van der Waals surface area contributed by atoms with Gasteiger partial charge in [-0.3, -0.25) is 14.9 Å². The molecule has 0 saturated carbocycles. The van der Waals surface area contributed by atoms with E-state index in [4.69, 9.17) is 11.6 Å².